The van der Waals surface area contributed by atoms with Gasteiger partial charge in [0.05, 0.1) is 37.2 Å². The summed E-state index contributed by atoms with van der Waals surface area (Å²) in [6, 6.07) is 6.89. The Labute approximate surface area is 168 Å². The van der Waals surface area contributed by atoms with Crippen LogP contribution in [0.5, 0.6) is 0 Å². The number of nitrogens with zero attached hydrogens (tertiary/aromatic N) is 2. The zero-order valence-electron chi connectivity index (χ0n) is 13.6. The standard InChI is InChI=1S/C16H9ClF3N3O3S2/c17-10-3-1-8(16(18,19)20)5-12(10)21-14(24)7-27-15-22-11-4-2-9(23(25)26)6-13(11)28-15/h1-6H,7H2,(H,21,24). The first-order chi connectivity index (χ1) is 13.1. The van der Waals surface area contributed by atoms with Crippen molar-refractivity contribution in [3.05, 3.63) is 57.1 Å². The molecule has 0 unspecified atom stereocenters. The highest BCUT2D eigenvalue weighted by molar-refractivity contribution is 8.01. The number of aromatic nitrogens is 1. The van der Waals surface area contributed by atoms with Gasteiger partial charge in [-0.05, 0) is 24.3 Å². The van der Waals surface area contributed by atoms with E-state index in [1.165, 1.54) is 29.5 Å². The first-order valence-electron chi connectivity index (χ1n) is 7.48. The molecule has 28 heavy (non-hydrogen) atoms. The second-order valence-corrected chi connectivity index (χ2v) is 8.08. The Balaban J connectivity index is 1.68. The molecule has 1 aromatic heterocycles. The normalized spacial score (nSPS) is 11.6. The topological polar surface area (TPSA) is 85.1 Å². The van der Waals surface area contributed by atoms with Crippen LogP contribution in [0.3, 0.4) is 0 Å². The summed E-state index contributed by atoms with van der Waals surface area (Å²) in [5, 5.41) is 13.1. The molecule has 0 aliphatic rings. The minimum Gasteiger partial charge on any atom is -0.324 e. The maximum absolute atomic E-state index is 12.8. The lowest BCUT2D eigenvalue weighted by molar-refractivity contribution is -0.384. The molecule has 0 spiro atoms. The van der Waals surface area contributed by atoms with Crippen molar-refractivity contribution in [1.29, 1.82) is 0 Å². The number of anilines is 1. The lowest BCUT2D eigenvalue weighted by Crippen LogP contribution is -2.15. The Kier molecular flexibility index (Phi) is 5.77. The number of fused-ring (bicyclic) bond motifs is 1. The van der Waals surface area contributed by atoms with E-state index in [2.05, 4.69) is 10.3 Å². The number of hydrogen-bond acceptors (Lipinski definition) is 6. The molecule has 0 fully saturated rings. The Morgan fingerprint density at radius 3 is 2.71 bits per heavy atom. The van der Waals surface area contributed by atoms with Crippen molar-refractivity contribution in [2.45, 2.75) is 10.5 Å². The van der Waals surface area contributed by atoms with Crippen LogP contribution < -0.4 is 5.32 Å². The molecule has 0 saturated carbocycles. The Morgan fingerprint density at radius 1 is 1.29 bits per heavy atom. The van der Waals surface area contributed by atoms with Crippen LogP contribution in [0.2, 0.25) is 5.02 Å². The molecule has 0 aliphatic heterocycles. The SMILES string of the molecule is O=C(CSc1nc2ccc([N+](=O)[O-])cc2s1)Nc1cc(C(F)(F)F)ccc1Cl. The van der Waals surface area contributed by atoms with Gasteiger partial charge >= 0.3 is 6.18 Å². The number of nitro groups is 1. The molecule has 0 radical (unpaired) electrons. The van der Waals surface area contributed by atoms with Gasteiger partial charge in [-0.1, -0.05) is 23.4 Å². The van der Waals surface area contributed by atoms with E-state index in [0.29, 0.717) is 14.6 Å². The first kappa shape index (κ1) is 20.4. The van der Waals surface area contributed by atoms with Gasteiger partial charge in [0, 0.05) is 12.1 Å². The van der Waals surface area contributed by atoms with Gasteiger partial charge in [0.1, 0.15) is 0 Å². The van der Waals surface area contributed by atoms with Crippen LogP contribution >= 0.6 is 34.7 Å². The predicted octanol–water partition coefficient (Wildman–Crippen LogP) is 5.61. The number of amides is 1. The van der Waals surface area contributed by atoms with E-state index >= 15 is 0 Å². The van der Waals surface area contributed by atoms with Crippen molar-refractivity contribution in [2.24, 2.45) is 0 Å². The van der Waals surface area contributed by atoms with Crippen LogP contribution in [0.25, 0.3) is 10.2 Å². The maximum Gasteiger partial charge on any atom is 0.416 e. The van der Waals surface area contributed by atoms with E-state index in [-0.39, 0.29) is 22.2 Å². The summed E-state index contributed by atoms with van der Waals surface area (Å²) in [7, 11) is 0. The highest BCUT2D eigenvalue weighted by atomic mass is 35.5. The molecule has 0 aliphatic carbocycles. The molecule has 0 saturated heterocycles. The third kappa shape index (κ3) is 4.72. The van der Waals surface area contributed by atoms with Gasteiger partial charge in [0.2, 0.25) is 5.91 Å². The molecule has 0 bridgehead atoms. The zero-order chi connectivity index (χ0) is 20.5. The fraction of sp³-hybridized carbons (Fsp3) is 0.125. The number of hydrogen-bond donors (Lipinski definition) is 1. The average molecular weight is 448 g/mol. The molecule has 6 nitrogen and oxygen atoms in total. The number of nitro benzene ring substituents is 1. The molecule has 1 amide bonds. The van der Waals surface area contributed by atoms with Gasteiger partial charge in [0.25, 0.3) is 5.69 Å². The summed E-state index contributed by atoms with van der Waals surface area (Å²) in [6.45, 7) is 0. The van der Waals surface area contributed by atoms with Crippen molar-refractivity contribution >= 4 is 62.2 Å². The number of rotatable bonds is 5. The van der Waals surface area contributed by atoms with Crippen LogP contribution in [0.4, 0.5) is 24.5 Å². The summed E-state index contributed by atoms with van der Waals surface area (Å²) >= 11 is 8.09. The van der Waals surface area contributed by atoms with Crippen LogP contribution in [-0.4, -0.2) is 21.6 Å². The third-order valence-corrected chi connectivity index (χ3v) is 5.95. The predicted molar refractivity (Wildman–Crippen MR) is 102 cm³/mol. The number of thioether (sulfide) groups is 1. The van der Waals surface area contributed by atoms with Gasteiger partial charge in [-0.3, -0.25) is 14.9 Å². The van der Waals surface area contributed by atoms with Crippen LogP contribution in [-0.2, 0) is 11.0 Å². The Bertz CT molecular complexity index is 1070. The van der Waals surface area contributed by atoms with Crippen molar-refractivity contribution in [1.82, 2.24) is 4.98 Å². The number of thiazole rings is 1. The molecule has 1 N–H and O–H groups in total. The summed E-state index contributed by atoms with van der Waals surface area (Å²) in [4.78, 5) is 26.6. The molecule has 0 atom stereocenters. The number of halogens is 4. The molecular formula is C16H9ClF3N3O3S2. The van der Waals surface area contributed by atoms with Crippen molar-refractivity contribution < 1.29 is 22.9 Å². The van der Waals surface area contributed by atoms with Crippen molar-refractivity contribution in [3.8, 4) is 0 Å². The van der Waals surface area contributed by atoms with Crippen molar-refractivity contribution in [3.63, 3.8) is 0 Å². The summed E-state index contributed by atoms with van der Waals surface area (Å²) < 4.78 is 39.4. The molecule has 2 aromatic carbocycles. The third-order valence-electron chi connectivity index (χ3n) is 3.46. The second kappa shape index (κ2) is 7.94. The van der Waals surface area contributed by atoms with Crippen LogP contribution in [0.15, 0.2) is 40.7 Å². The molecule has 146 valence electrons. The lowest BCUT2D eigenvalue weighted by Gasteiger charge is -2.11. The molecule has 3 rings (SSSR count). The van der Waals surface area contributed by atoms with Gasteiger partial charge < -0.3 is 5.32 Å². The summed E-state index contributed by atoms with van der Waals surface area (Å²) in [5.74, 6) is -0.675. The monoisotopic (exact) mass is 447 g/mol. The van der Waals surface area contributed by atoms with Crippen molar-refractivity contribution in [2.75, 3.05) is 11.1 Å². The summed E-state index contributed by atoms with van der Waals surface area (Å²) in [5.41, 5.74) is -0.571. The highest BCUT2D eigenvalue weighted by Crippen LogP contribution is 2.34. The zero-order valence-corrected chi connectivity index (χ0v) is 16.0. The average Bonchev–Trinajstić information content (AvgIpc) is 3.03. The Hall–Kier alpha value is -2.37. The van der Waals surface area contributed by atoms with E-state index in [0.717, 1.165) is 30.0 Å². The van der Waals surface area contributed by atoms with Gasteiger partial charge in [-0.25, -0.2) is 4.98 Å². The second-order valence-electron chi connectivity index (χ2n) is 5.42. The molecule has 1 heterocycles. The Morgan fingerprint density at radius 2 is 2.04 bits per heavy atom. The fourth-order valence-electron chi connectivity index (χ4n) is 2.18. The van der Waals surface area contributed by atoms with E-state index in [1.807, 2.05) is 0 Å². The minimum absolute atomic E-state index is 0.0151. The van der Waals surface area contributed by atoms with Gasteiger partial charge in [0.15, 0.2) is 4.34 Å². The quantitative estimate of drug-likeness (QED) is 0.312. The number of non-ortho nitro benzene ring substituents is 1. The number of nitrogens with one attached hydrogen (secondary N) is 1. The number of carbonyl (C=O) groups excluding carboxylic acids is 1. The molecule has 3 aromatic rings. The van der Waals surface area contributed by atoms with Gasteiger partial charge in [-0.15, -0.1) is 11.3 Å². The van der Waals surface area contributed by atoms with Gasteiger partial charge in [-0.2, -0.15) is 13.2 Å². The van der Waals surface area contributed by atoms with E-state index in [9.17, 15) is 28.1 Å². The smallest absolute Gasteiger partial charge is 0.324 e. The minimum atomic E-state index is -4.55. The number of carbonyl (C=O) groups is 1. The first-order valence-corrected chi connectivity index (χ1v) is 9.66. The fourth-order valence-corrected chi connectivity index (χ4v) is 4.24. The van der Waals surface area contributed by atoms with E-state index in [4.69, 9.17) is 11.6 Å². The molecular weight excluding hydrogens is 439 g/mol. The summed E-state index contributed by atoms with van der Waals surface area (Å²) in [6.07, 6.45) is -4.55. The number of alkyl halides is 3. The highest BCUT2D eigenvalue weighted by Gasteiger charge is 2.31. The van der Waals surface area contributed by atoms with E-state index < -0.39 is 22.6 Å². The van der Waals surface area contributed by atoms with Crippen LogP contribution in [0, 0.1) is 10.1 Å². The van der Waals surface area contributed by atoms with Crippen LogP contribution in [0.1, 0.15) is 5.56 Å². The lowest BCUT2D eigenvalue weighted by atomic mass is 10.2. The maximum atomic E-state index is 12.8. The molecule has 12 heteroatoms. The largest absolute Gasteiger partial charge is 0.416 e. The number of benzene rings is 2. The van der Waals surface area contributed by atoms with E-state index in [1.54, 1.807) is 0 Å².